The molecule has 0 fully saturated rings. The lowest BCUT2D eigenvalue weighted by atomic mass is 9.97. The molecule has 1 atom stereocenters. The van der Waals surface area contributed by atoms with Gasteiger partial charge in [-0.25, -0.2) is 0 Å². The van der Waals surface area contributed by atoms with Gasteiger partial charge in [0.1, 0.15) is 5.75 Å². The van der Waals surface area contributed by atoms with Gasteiger partial charge in [-0.1, -0.05) is 36.4 Å². The number of aryl methyl sites for hydroxylation is 1. The van der Waals surface area contributed by atoms with Crippen molar-refractivity contribution < 1.29 is 9.53 Å². The van der Waals surface area contributed by atoms with Crippen molar-refractivity contribution in [3.05, 3.63) is 87.1 Å². The topological polar surface area (TPSA) is 41.6 Å². The largest absolute Gasteiger partial charge is 0.483 e. The molecule has 3 aromatic rings. The Morgan fingerprint density at radius 1 is 1.13 bits per heavy atom. The number of fused-ring (bicyclic) bond motifs is 1. The van der Waals surface area contributed by atoms with Crippen LogP contribution in [0.3, 0.4) is 0 Å². The van der Waals surface area contributed by atoms with E-state index >= 15 is 0 Å². The van der Waals surface area contributed by atoms with E-state index < -0.39 is 0 Å². The number of amides is 1. The standard InChI is InChI=1S/C25H28N2O2S/c1-18-6-5-9-24(19(18)2)29-16-25(28)26-14-23(22-11-13-30-17-22)27-12-10-20-7-3-4-8-21(20)15-27/h3-9,11,13,17,23H,10,12,14-16H2,1-2H3,(H,26,28). The highest BCUT2D eigenvalue weighted by Crippen LogP contribution is 2.28. The summed E-state index contributed by atoms with van der Waals surface area (Å²) in [6.45, 7) is 6.57. The minimum absolute atomic E-state index is 0.0312. The number of nitrogens with zero attached hydrogens (tertiary/aromatic N) is 1. The molecule has 4 nitrogen and oxygen atoms in total. The van der Waals surface area contributed by atoms with Gasteiger partial charge >= 0.3 is 0 Å². The third-order valence-corrected chi connectivity index (χ3v) is 6.64. The van der Waals surface area contributed by atoms with Crippen LogP contribution in [0.25, 0.3) is 0 Å². The maximum absolute atomic E-state index is 12.5. The Morgan fingerprint density at radius 3 is 2.77 bits per heavy atom. The van der Waals surface area contributed by atoms with Crippen molar-refractivity contribution >= 4 is 17.2 Å². The van der Waals surface area contributed by atoms with E-state index in [1.54, 1.807) is 11.3 Å². The Morgan fingerprint density at radius 2 is 1.97 bits per heavy atom. The Labute approximate surface area is 182 Å². The number of benzene rings is 2. The van der Waals surface area contributed by atoms with Crippen LogP contribution >= 0.6 is 11.3 Å². The predicted molar refractivity (Wildman–Crippen MR) is 122 cm³/mol. The lowest BCUT2D eigenvalue weighted by molar-refractivity contribution is -0.123. The number of thiophene rings is 1. The van der Waals surface area contributed by atoms with Crippen molar-refractivity contribution in [2.24, 2.45) is 0 Å². The Balaban J connectivity index is 1.38. The summed E-state index contributed by atoms with van der Waals surface area (Å²) in [6, 6.07) is 16.9. The van der Waals surface area contributed by atoms with Gasteiger partial charge in [-0.3, -0.25) is 9.69 Å². The molecule has 2 aromatic carbocycles. The van der Waals surface area contributed by atoms with E-state index in [-0.39, 0.29) is 18.6 Å². The first-order chi connectivity index (χ1) is 14.6. The Bertz CT molecular complexity index is 1000. The Kier molecular flexibility index (Phi) is 6.50. The van der Waals surface area contributed by atoms with Gasteiger partial charge in [0, 0.05) is 19.6 Å². The highest BCUT2D eigenvalue weighted by Gasteiger charge is 2.25. The van der Waals surface area contributed by atoms with Crippen LogP contribution in [0.2, 0.25) is 0 Å². The smallest absolute Gasteiger partial charge is 0.258 e. The van der Waals surface area contributed by atoms with Gasteiger partial charge in [-0.05, 0) is 71.0 Å². The van der Waals surface area contributed by atoms with E-state index in [9.17, 15) is 4.79 Å². The summed E-state index contributed by atoms with van der Waals surface area (Å²) in [4.78, 5) is 15.0. The number of hydrogen-bond donors (Lipinski definition) is 1. The van der Waals surface area contributed by atoms with Crippen LogP contribution in [-0.4, -0.2) is 30.5 Å². The molecular weight excluding hydrogens is 392 g/mol. The summed E-state index contributed by atoms with van der Waals surface area (Å²) >= 11 is 1.70. The molecule has 0 spiro atoms. The van der Waals surface area contributed by atoms with Crippen molar-refractivity contribution in [2.45, 2.75) is 32.9 Å². The SMILES string of the molecule is Cc1cccc(OCC(=O)NCC(c2ccsc2)N2CCc3ccccc3C2)c1C. The highest BCUT2D eigenvalue weighted by atomic mass is 32.1. The number of hydrogen-bond acceptors (Lipinski definition) is 4. The minimum Gasteiger partial charge on any atom is -0.483 e. The second-order valence-corrected chi connectivity index (χ2v) is 8.63. The molecule has 1 unspecified atom stereocenters. The first kappa shape index (κ1) is 20.6. The first-order valence-electron chi connectivity index (χ1n) is 10.4. The summed E-state index contributed by atoms with van der Waals surface area (Å²) in [6.07, 6.45) is 1.04. The van der Waals surface area contributed by atoms with Crippen LogP contribution in [0.4, 0.5) is 0 Å². The summed E-state index contributed by atoms with van der Waals surface area (Å²) < 4.78 is 5.77. The fourth-order valence-corrected chi connectivity index (χ4v) is 4.70. The summed E-state index contributed by atoms with van der Waals surface area (Å²) in [5.41, 5.74) is 6.32. The van der Waals surface area contributed by atoms with E-state index in [2.05, 4.69) is 51.3 Å². The maximum atomic E-state index is 12.5. The lowest BCUT2D eigenvalue weighted by Crippen LogP contribution is -2.41. The molecule has 4 rings (SSSR count). The summed E-state index contributed by atoms with van der Waals surface area (Å²) in [7, 11) is 0. The number of carbonyl (C=O) groups excluding carboxylic acids is 1. The third-order valence-electron chi connectivity index (χ3n) is 5.94. The van der Waals surface area contributed by atoms with E-state index in [1.807, 2.05) is 32.0 Å². The highest BCUT2D eigenvalue weighted by molar-refractivity contribution is 7.07. The second-order valence-electron chi connectivity index (χ2n) is 7.85. The third kappa shape index (κ3) is 4.74. The van der Waals surface area contributed by atoms with Gasteiger partial charge < -0.3 is 10.1 Å². The average molecular weight is 421 g/mol. The fraction of sp³-hybridized carbons (Fsp3) is 0.320. The molecule has 156 valence electrons. The van der Waals surface area contributed by atoms with Crippen molar-refractivity contribution in [1.29, 1.82) is 0 Å². The molecule has 0 saturated heterocycles. The van der Waals surface area contributed by atoms with Gasteiger partial charge in [0.2, 0.25) is 0 Å². The van der Waals surface area contributed by atoms with Gasteiger partial charge in [0.25, 0.3) is 5.91 Å². The molecule has 1 N–H and O–H groups in total. The van der Waals surface area contributed by atoms with E-state index in [0.29, 0.717) is 6.54 Å². The number of rotatable bonds is 7. The lowest BCUT2D eigenvalue weighted by Gasteiger charge is -2.35. The number of nitrogens with one attached hydrogen (secondary N) is 1. The molecule has 30 heavy (non-hydrogen) atoms. The fourth-order valence-electron chi connectivity index (χ4n) is 3.99. The Hall–Kier alpha value is -2.63. The van der Waals surface area contributed by atoms with Crippen molar-refractivity contribution in [1.82, 2.24) is 10.2 Å². The van der Waals surface area contributed by atoms with Crippen LogP contribution in [-0.2, 0) is 17.8 Å². The zero-order chi connectivity index (χ0) is 20.9. The van der Waals surface area contributed by atoms with Gasteiger partial charge in [0.15, 0.2) is 6.61 Å². The summed E-state index contributed by atoms with van der Waals surface area (Å²) in [5, 5.41) is 7.38. The number of carbonyl (C=O) groups is 1. The molecule has 1 aromatic heterocycles. The van der Waals surface area contributed by atoms with Gasteiger partial charge in [0.05, 0.1) is 6.04 Å². The molecule has 1 amide bonds. The van der Waals surface area contributed by atoms with Gasteiger partial charge in [-0.2, -0.15) is 11.3 Å². The first-order valence-corrected chi connectivity index (χ1v) is 11.3. The quantitative estimate of drug-likeness (QED) is 0.604. The predicted octanol–water partition coefficient (Wildman–Crippen LogP) is 4.66. The van der Waals surface area contributed by atoms with Crippen molar-refractivity contribution in [3.8, 4) is 5.75 Å². The molecule has 1 aliphatic heterocycles. The average Bonchev–Trinajstić information content (AvgIpc) is 3.29. The molecule has 0 saturated carbocycles. The molecular formula is C25H28N2O2S. The monoisotopic (exact) mass is 420 g/mol. The molecule has 0 bridgehead atoms. The molecule has 2 heterocycles. The maximum Gasteiger partial charge on any atom is 0.258 e. The molecule has 0 radical (unpaired) electrons. The minimum atomic E-state index is -0.0893. The van der Waals surface area contributed by atoms with E-state index in [0.717, 1.165) is 36.4 Å². The van der Waals surface area contributed by atoms with Crippen LogP contribution in [0.5, 0.6) is 5.75 Å². The van der Waals surface area contributed by atoms with Crippen LogP contribution in [0.15, 0.2) is 59.3 Å². The zero-order valence-corrected chi connectivity index (χ0v) is 18.4. The van der Waals surface area contributed by atoms with E-state index in [4.69, 9.17) is 4.74 Å². The summed E-state index contributed by atoms with van der Waals surface area (Å²) in [5.74, 6) is 0.681. The number of ether oxygens (including phenoxy) is 1. The normalized spacial score (nSPS) is 14.7. The van der Waals surface area contributed by atoms with Crippen molar-refractivity contribution in [3.63, 3.8) is 0 Å². The van der Waals surface area contributed by atoms with Crippen LogP contribution < -0.4 is 10.1 Å². The van der Waals surface area contributed by atoms with Crippen molar-refractivity contribution in [2.75, 3.05) is 19.7 Å². The van der Waals surface area contributed by atoms with Gasteiger partial charge in [-0.15, -0.1) is 0 Å². The van der Waals surface area contributed by atoms with E-state index in [1.165, 1.54) is 16.7 Å². The molecule has 1 aliphatic rings. The second kappa shape index (κ2) is 9.45. The zero-order valence-electron chi connectivity index (χ0n) is 17.6. The van der Waals surface area contributed by atoms with Crippen LogP contribution in [0, 0.1) is 13.8 Å². The molecule has 5 heteroatoms. The molecule has 0 aliphatic carbocycles. The van der Waals surface area contributed by atoms with Crippen LogP contribution in [0.1, 0.15) is 33.9 Å².